The molecule has 0 radical (unpaired) electrons. The Hall–Kier alpha value is -0.610. The summed E-state index contributed by atoms with van der Waals surface area (Å²) in [7, 11) is 3.86. The number of carboxylic acid groups (broad SMARTS) is 1. The summed E-state index contributed by atoms with van der Waals surface area (Å²) in [5.74, 6) is -0.717. The zero-order valence-corrected chi connectivity index (χ0v) is 11.7. The minimum absolute atomic E-state index is 0.132. The fraction of sp³-hybridized carbons (Fsp3) is 0.923. The van der Waals surface area contributed by atoms with E-state index in [0.717, 1.165) is 12.8 Å². The van der Waals surface area contributed by atoms with E-state index in [2.05, 4.69) is 38.0 Å². The first-order valence-electron chi connectivity index (χ1n) is 6.44. The fourth-order valence-corrected chi connectivity index (χ4v) is 2.62. The molecule has 1 fully saturated rings. The third-order valence-corrected chi connectivity index (χ3v) is 4.74. The van der Waals surface area contributed by atoms with Crippen molar-refractivity contribution in [2.45, 2.75) is 63.6 Å². The molecule has 0 aromatic heterocycles. The van der Waals surface area contributed by atoms with Crippen LogP contribution in [0, 0.1) is 0 Å². The Morgan fingerprint density at radius 3 is 2.53 bits per heavy atom. The van der Waals surface area contributed by atoms with Crippen molar-refractivity contribution in [1.82, 2.24) is 10.2 Å². The van der Waals surface area contributed by atoms with Gasteiger partial charge < -0.3 is 10.4 Å². The topological polar surface area (TPSA) is 52.6 Å². The predicted molar refractivity (Wildman–Crippen MR) is 69.2 cm³/mol. The summed E-state index contributed by atoms with van der Waals surface area (Å²) < 4.78 is 0. The van der Waals surface area contributed by atoms with E-state index in [9.17, 15) is 9.90 Å². The van der Waals surface area contributed by atoms with Gasteiger partial charge in [-0.3, -0.25) is 9.69 Å². The molecule has 100 valence electrons. The predicted octanol–water partition coefficient (Wildman–Crippen LogP) is 1.70. The lowest BCUT2D eigenvalue weighted by molar-refractivity contribution is -0.144. The van der Waals surface area contributed by atoms with Gasteiger partial charge in [0.05, 0.1) is 0 Å². The second kappa shape index (κ2) is 4.94. The van der Waals surface area contributed by atoms with E-state index in [4.69, 9.17) is 0 Å². The summed E-state index contributed by atoms with van der Waals surface area (Å²) in [6.45, 7) is 6.61. The van der Waals surface area contributed by atoms with Crippen LogP contribution in [0.15, 0.2) is 0 Å². The van der Waals surface area contributed by atoms with Gasteiger partial charge in [-0.15, -0.1) is 0 Å². The normalized spacial score (nSPS) is 29.9. The Morgan fingerprint density at radius 2 is 2.18 bits per heavy atom. The molecule has 0 amide bonds. The highest BCUT2D eigenvalue weighted by atomic mass is 16.4. The van der Waals surface area contributed by atoms with Crippen LogP contribution in [0.1, 0.15) is 46.5 Å². The molecule has 1 aliphatic carbocycles. The van der Waals surface area contributed by atoms with Crippen molar-refractivity contribution in [3.63, 3.8) is 0 Å². The third kappa shape index (κ3) is 2.63. The molecule has 0 aromatic rings. The van der Waals surface area contributed by atoms with Gasteiger partial charge in [0, 0.05) is 11.6 Å². The maximum atomic E-state index is 11.4. The van der Waals surface area contributed by atoms with Gasteiger partial charge >= 0.3 is 5.97 Å². The smallest absolute Gasteiger partial charge is 0.323 e. The molecule has 0 aromatic carbocycles. The van der Waals surface area contributed by atoms with Crippen LogP contribution in [0.2, 0.25) is 0 Å². The van der Waals surface area contributed by atoms with Gasteiger partial charge in [-0.1, -0.05) is 6.92 Å². The fourth-order valence-electron chi connectivity index (χ4n) is 2.62. The van der Waals surface area contributed by atoms with Crippen molar-refractivity contribution >= 4 is 5.97 Å². The van der Waals surface area contributed by atoms with E-state index in [1.165, 1.54) is 0 Å². The quantitative estimate of drug-likeness (QED) is 0.770. The second-order valence-corrected chi connectivity index (χ2v) is 5.81. The van der Waals surface area contributed by atoms with E-state index in [1.54, 1.807) is 7.05 Å². The molecule has 1 aliphatic rings. The van der Waals surface area contributed by atoms with Crippen molar-refractivity contribution in [1.29, 1.82) is 0 Å². The van der Waals surface area contributed by atoms with Crippen LogP contribution < -0.4 is 5.32 Å². The number of hydrogen-bond acceptors (Lipinski definition) is 3. The van der Waals surface area contributed by atoms with Crippen LogP contribution in [0.25, 0.3) is 0 Å². The Balaban J connectivity index is 2.76. The van der Waals surface area contributed by atoms with Crippen molar-refractivity contribution < 1.29 is 9.90 Å². The zero-order valence-electron chi connectivity index (χ0n) is 11.7. The first kappa shape index (κ1) is 14.5. The number of carboxylic acids is 1. The number of likely N-dealkylation sites (N-methyl/N-ethyl adjacent to an activating group) is 1. The van der Waals surface area contributed by atoms with Gasteiger partial charge in [0.2, 0.25) is 0 Å². The highest BCUT2D eigenvalue weighted by Crippen LogP contribution is 2.35. The summed E-state index contributed by atoms with van der Waals surface area (Å²) in [5, 5.41) is 12.3. The molecule has 2 N–H and O–H groups in total. The Kier molecular flexibility index (Phi) is 4.20. The van der Waals surface area contributed by atoms with Crippen LogP contribution in [0.5, 0.6) is 0 Å². The molecular formula is C13H26N2O2. The number of nitrogens with one attached hydrogen (secondary N) is 1. The average molecular weight is 242 g/mol. The van der Waals surface area contributed by atoms with E-state index in [0.29, 0.717) is 18.9 Å². The number of carbonyl (C=O) groups is 1. The molecule has 0 heterocycles. The summed E-state index contributed by atoms with van der Waals surface area (Å²) in [5.41, 5.74) is -0.588. The minimum Gasteiger partial charge on any atom is -0.480 e. The molecule has 4 heteroatoms. The highest BCUT2D eigenvalue weighted by molar-refractivity contribution is 5.79. The van der Waals surface area contributed by atoms with Gasteiger partial charge in [-0.25, -0.2) is 0 Å². The monoisotopic (exact) mass is 242 g/mol. The SMILES string of the molecule is CCC(C)(C)N(C)C1CCC(NC)(C(=O)O)C1. The minimum atomic E-state index is -0.719. The summed E-state index contributed by atoms with van der Waals surface area (Å²) in [6.07, 6.45) is 3.43. The van der Waals surface area contributed by atoms with Crippen molar-refractivity contribution in [2.75, 3.05) is 14.1 Å². The summed E-state index contributed by atoms with van der Waals surface area (Å²) >= 11 is 0. The van der Waals surface area contributed by atoms with Gasteiger partial charge in [0.1, 0.15) is 5.54 Å². The highest BCUT2D eigenvalue weighted by Gasteiger charge is 2.46. The Labute approximate surface area is 104 Å². The Morgan fingerprint density at radius 1 is 1.59 bits per heavy atom. The van der Waals surface area contributed by atoms with Gasteiger partial charge in [0.15, 0.2) is 0 Å². The van der Waals surface area contributed by atoms with E-state index >= 15 is 0 Å². The summed E-state index contributed by atoms with van der Waals surface area (Å²) in [4.78, 5) is 13.7. The first-order chi connectivity index (χ1) is 7.79. The number of nitrogens with zero attached hydrogens (tertiary/aromatic N) is 1. The number of hydrogen-bond donors (Lipinski definition) is 2. The van der Waals surface area contributed by atoms with Crippen LogP contribution in [0.4, 0.5) is 0 Å². The van der Waals surface area contributed by atoms with Crippen LogP contribution >= 0.6 is 0 Å². The molecule has 0 spiro atoms. The number of aliphatic carboxylic acids is 1. The molecule has 0 saturated heterocycles. The van der Waals surface area contributed by atoms with Gasteiger partial charge in [0.25, 0.3) is 0 Å². The van der Waals surface area contributed by atoms with Crippen LogP contribution in [-0.4, -0.2) is 47.2 Å². The van der Waals surface area contributed by atoms with Crippen LogP contribution in [0.3, 0.4) is 0 Å². The van der Waals surface area contributed by atoms with E-state index < -0.39 is 11.5 Å². The maximum Gasteiger partial charge on any atom is 0.323 e. The lowest BCUT2D eigenvalue weighted by Gasteiger charge is -2.40. The van der Waals surface area contributed by atoms with E-state index in [-0.39, 0.29) is 5.54 Å². The lowest BCUT2D eigenvalue weighted by atomic mass is 9.95. The van der Waals surface area contributed by atoms with Crippen molar-refractivity contribution in [3.8, 4) is 0 Å². The first-order valence-corrected chi connectivity index (χ1v) is 6.44. The molecule has 1 saturated carbocycles. The zero-order chi connectivity index (χ0) is 13.3. The molecule has 0 bridgehead atoms. The average Bonchev–Trinajstić information content (AvgIpc) is 2.73. The number of rotatable bonds is 5. The van der Waals surface area contributed by atoms with Crippen molar-refractivity contribution in [2.24, 2.45) is 0 Å². The van der Waals surface area contributed by atoms with Crippen molar-refractivity contribution in [3.05, 3.63) is 0 Å². The Bertz CT molecular complexity index is 291. The van der Waals surface area contributed by atoms with Crippen LogP contribution in [-0.2, 0) is 4.79 Å². The molecule has 2 atom stereocenters. The molecule has 1 rings (SSSR count). The van der Waals surface area contributed by atoms with E-state index in [1.807, 2.05) is 0 Å². The standard InChI is InChI=1S/C13H26N2O2/c1-6-12(2,3)15(5)10-7-8-13(9-10,14-4)11(16)17/h10,14H,6-9H2,1-5H3,(H,16,17). The molecule has 2 unspecified atom stereocenters. The molecule has 0 aliphatic heterocycles. The maximum absolute atomic E-state index is 11.4. The van der Waals surface area contributed by atoms with Gasteiger partial charge in [-0.05, 0) is 53.6 Å². The molecular weight excluding hydrogens is 216 g/mol. The molecule has 17 heavy (non-hydrogen) atoms. The largest absolute Gasteiger partial charge is 0.480 e. The molecule has 4 nitrogen and oxygen atoms in total. The second-order valence-electron chi connectivity index (χ2n) is 5.81. The summed E-state index contributed by atoms with van der Waals surface area (Å²) in [6, 6.07) is 0.355. The van der Waals surface area contributed by atoms with Gasteiger partial charge in [-0.2, -0.15) is 0 Å². The lowest BCUT2D eigenvalue weighted by Crippen LogP contribution is -2.51. The third-order valence-electron chi connectivity index (χ3n) is 4.74.